The van der Waals surface area contributed by atoms with Crippen molar-refractivity contribution in [3.05, 3.63) is 35.9 Å². The zero-order valence-corrected chi connectivity index (χ0v) is 14.7. The highest BCUT2D eigenvalue weighted by Crippen LogP contribution is 2.12. The van der Waals surface area contributed by atoms with Gasteiger partial charge in [-0.05, 0) is 18.4 Å². The van der Waals surface area contributed by atoms with Gasteiger partial charge in [-0.15, -0.1) is 0 Å². The summed E-state index contributed by atoms with van der Waals surface area (Å²) < 4.78 is 22.9. The van der Waals surface area contributed by atoms with Crippen LogP contribution in [0.4, 0.5) is 4.79 Å². The van der Waals surface area contributed by atoms with Crippen molar-refractivity contribution in [2.24, 2.45) is 0 Å². The molecule has 2 aliphatic rings. The van der Waals surface area contributed by atoms with E-state index in [0.29, 0.717) is 19.5 Å². The van der Waals surface area contributed by atoms with E-state index in [4.69, 9.17) is 0 Å². The van der Waals surface area contributed by atoms with Gasteiger partial charge in [-0.2, -0.15) is 0 Å². The summed E-state index contributed by atoms with van der Waals surface area (Å²) in [5.41, 5.74) is 1.33. The van der Waals surface area contributed by atoms with E-state index in [1.807, 2.05) is 6.07 Å². The molecule has 0 aliphatic carbocycles. The van der Waals surface area contributed by atoms with Gasteiger partial charge in [0.05, 0.1) is 11.5 Å². The number of hydrogen-bond donors (Lipinski definition) is 1. The average Bonchev–Trinajstić information content (AvgIpc) is 2.93. The predicted molar refractivity (Wildman–Crippen MR) is 93.7 cm³/mol. The molecular formula is C17H25N3O3S. The Morgan fingerprint density at radius 1 is 1.12 bits per heavy atom. The molecule has 1 aromatic rings. The SMILES string of the molecule is O=C(NC1CCS(=O)(=O)C1)N1CCN(CCc2ccccc2)CC1. The standard InChI is InChI=1S/C17H25N3O3S/c21-17(18-16-7-13-24(22,23)14-16)20-11-9-19(10-12-20)8-6-15-4-2-1-3-5-15/h1-5,16H,6-14H2,(H,18,21). The van der Waals surface area contributed by atoms with Crippen molar-refractivity contribution in [1.29, 1.82) is 0 Å². The summed E-state index contributed by atoms with van der Waals surface area (Å²) in [6.45, 7) is 4.12. The monoisotopic (exact) mass is 351 g/mol. The Bertz CT molecular complexity index is 655. The normalized spacial score (nSPS) is 24.0. The summed E-state index contributed by atoms with van der Waals surface area (Å²) in [4.78, 5) is 16.4. The molecule has 1 atom stereocenters. The van der Waals surface area contributed by atoms with E-state index in [9.17, 15) is 13.2 Å². The molecule has 0 saturated carbocycles. The highest BCUT2D eigenvalue weighted by Gasteiger charge is 2.30. The van der Waals surface area contributed by atoms with Gasteiger partial charge in [-0.25, -0.2) is 13.2 Å². The maximum atomic E-state index is 12.3. The molecule has 1 N–H and O–H groups in total. The second-order valence-corrected chi connectivity index (χ2v) is 8.84. The molecule has 2 aliphatic heterocycles. The first-order valence-electron chi connectivity index (χ1n) is 8.54. The van der Waals surface area contributed by atoms with Crippen LogP contribution in [0.3, 0.4) is 0 Å². The van der Waals surface area contributed by atoms with Crippen LogP contribution in [0, 0.1) is 0 Å². The smallest absolute Gasteiger partial charge is 0.317 e. The topological polar surface area (TPSA) is 69.7 Å². The predicted octanol–water partition coefficient (Wildman–Crippen LogP) is 0.743. The lowest BCUT2D eigenvalue weighted by Gasteiger charge is -2.35. The summed E-state index contributed by atoms with van der Waals surface area (Å²) in [6, 6.07) is 10.1. The van der Waals surface area contributed by atoms with E-state index in [-0.39, 0.29) is 23.6 Å². The summed E-state index contributed by atoms with van der Waals surface area (Å²) in [5.74, 6) is 0.265. The van der Waals surface area contributed by atoms with Gasteiger partial charge in [0.15, 0.2) is 9.84 Å². The van der Waals surface area contributed by atoms with E-state index >= 15 is 0 Å². The quantitative estimate of drug-likeness (QED) is 0.869. The van der Waals surface area contributed by atoms with Crippen LogP contribution in [0.15, 0.2) is 30.3 Å². The van der Waals surface area contributed by atoms with Crippen molar-refractivity contribution in [1.82, 2.24) is 15.1 Å². The molecule has 1 aromatic carbocycles. The van der Waals surface area contributed by atoms with Gasteiger partial charge in [0.25, 0.3) is 0 Å². The van der Waals surface area contributed by atoms with E-state index in [1.54, 1.807) is 4.90 Å². The van der Waals surface area contributed by atoms with Crippen molar-refractivity contribution in [2.75, 3.05) is 44.2 Å². The zero-order valence-electron chi connectivity index (χ0n) is 13.9. The molecule has 3 rings (SSSR count). The first-order chi connectivity index (χ1) is 11.5. The maximum absolute atomic E-state index is 12.3. The summed E-state index contributed by atoms with van der Waals surface area (Å²) in [7, 11) is -2.96. The van der Waals surface area contributed by atoms with Crippen molar-refractivity contribution in [2.45, 2.75) is 18.9 Å². The number of benzene rings is 1. The Kier molecular flexibility index (Phi) is 5.40. The lowest BCUT2D eigenvalue weighted by atomic mass is 10.1. The minimum Gasteiger partial charge on any atom is -0.334 e. The van der Waals surface area contributed by atoms with Gasteiger partial charge in [0, 0.05) is 38.8 Å². The third kappa shape index (κ3) is 4.70. The van der Waals surface area contributed by atoms with E-state index in [1.165, 1.54) is 5.56 Å². The molecule has 2 fully saturated rings. The first-order valence-corrected chi connectivity index (χ1v) is 10.4. The Balaban J connectivity index is 1.39. The highest BCUT2D eigenvalue weighted by atomic mass is 32.2. The third-order valence-electron chi connectivity index (χ3n) is 4.78. The molecule has 6 nitrogen and oxygen atoms in total. The molecule has 24 heavy (non-hydrogen) atoms. The molecule has 0 bridgehead atoms. The summed E-state index contributed by atoms with van der Waals surface area (Å²) >= 11 is 0. The number of nitrogens with one attached hydrogen (secondary N) is 1. The Morgan fingerprint density at radius 3 is 2.46 bits per heavy atom. The largest absolute Gasteiger partial charge is 0.334 e. The van der Waals surface area contributed by atoms with Crippen molar-refractivity contribution >= 4 is 15.9 Å². The van der Waals surface area contributed by atoms with E-state index < -0.39 is 9.84 Å². The van der Waals surface area contributed by atoms with Crippen LogP contribution in [0.25, 0.3) is 0 Å². The molecule has 7 heteroatoms. The van der Waals surface area contributed by atoms with Gasteiger partial charge < -0.3 is 10.2 Å². The van der Waals surface area contributed by atoms with E-state index in [2.05, 4.69) is 34.5 Å². The molecule has 0 aromatic heterocycles. The fourth-order valence-electron chi connectivity index (χ4n) is 3.28. The fraction of sp³-hybridized carbons (Fsp3) is 0.588. The molecule has 0 radical (unpaired) electrons. The summed E-state index contributed by atoms with van der Waals surface area (Å²) in [6.07, 6.45) is 1.55. The van der Waals surface area contributed by atoms with Crippen molar-refractivity contribution < 1.29 is 13.2 Å². The number of carbonyl (C=O) groups is 1. The van der Waals surface area contributed by atoms with Gasteiger partial charge in [-0.1, -0.05) is 30.3 Å². The number of amides is 2. The number of rotatable bonds is 4. The van der Waals surface area contributed by atoms with Crippen LogP contribution in [-0.2, 0) is 16.3 Å². The second-order valence-electron chi connectivity index (χ2n) is 6.61. The Morgan fingerprint density at radius 2 is 1.83 bits per heavy atom. The molecule has 132 valence electrons. The maximum Gasteiger partial charge on any atom is 0.317 e. The molecule has 2 saturated heterocycles. The Hall–Kier alpha value is -1.60. The number of sulfone groups is 1. The van der Waals surface area contributed by atoms with Crippen LogP contribution >= 0.6 is 0 Å². The fourth-order valence-corrected chi connectivity index (χ4v) is 4.95. The van der Waals surface area contributed by atoms with Gasteiger partial charge in [0.2, 0.25) is 0 Å². The molecule has 2 amide bonds. The van der Waals surface area contributed by atoms with E-state index in [0.717, 1.165) is 26.1 Å². The van der Waals surface area contributed by atoms with Crippen LogP contribution < -0.4 is 5.32 Å². The minimum atomic E-state index is -2.96. The minimum absolute atomic E-state index is 0.0791. The van der Waals surface area contributed by atoms with Gasteiger partial charge >= 0.3 is 6.03 Å². The lowest BCUT2D eigenvalue weighted by Crippen LogP contribution is -2.53. The average molecular weight is 351 g/mol. The summed E-state index contributed by atoms with van der Waals surface area (Å²) in [5, 5.41) is 2.87. The molecule has 2 heterocycles. The number of piperazine rings is 1. The van der Waals surface area contributed by atoms with Gasteiger partial charge in [-0.3, -0.25) is 4.90 Å². The Labute approximate surface area is 143 Å². The zero-order chi connectivity index (χ0) is 17.0. The van der Waals surface area contributed by atoms with Crippen LogP contribution in [0.2, 0.25) is 0 Å². The van der Waals surface area contributed by atoms with Crippen LogP contribution in [0.5, 0.6) is 0 Å². The number of nitrogens with zero attached hydrogens (tertiary/aromatic N) is 2. The lowest BCUT2D eigenvalue weighted by molar-refractivity contribution is 0.138. The van der Waals surface area contributed by atoms with Crippen molar-refractivity contribution in [3.8, 4) is 0 Å². The number of hydrogen-bond acceptors (Lipinski definition) is 4. The molecule has 1 unspecified atom stereocenters. The number of urea groups is 1. The highest BCUT2D eigenvalue weighted by molar-refractivity contribution is 7.91. The second kappa shape index (κ2) is 7.53. The van der Waals surface area contributed by atoms with Crippen LogP contribution in [-0.4, -0.2) is 74.5 Å². The van der Waals surface area contributed by atoms with Crippen LogP contribution in [0.1, 0.15) is 12.0 Å². The number of carbonyl (C=O) groups excluding carboxylic acids is 1. The molecule has 0 spiro atoms. The van der Waals surface area contributed by atoms with Crippen molar-refractivity contribution in [3.63, 3.8) is 0 Å². The first kappa shape index (κ1) is 17.2. The molecular weight excluding hydrogens is 326 g/mol. The van der Waals surface area contributed by atoms with Gasteiger partial charge in [0.1, 0.15) is 0 Å². The third-order valence-corrected chi connectivity index (χ3v) is 6.55.